The van der Waals surface area contributed by atoms with E-state index >= 15 is 0 Å². The molecule has 0 fully saturated rings. The van der Waals surface area contributed by atoms with Crippen LogP contribution in [0.1, 0.15) is 27.6 Å². The van der Waals surface area contributed by atoms with E-state index in [0.717, 1.165) is 28.9 Å². The molecule has 3 aliphatic rings. The van der Waals surface area contributed by atoms with Gasteiger partial charge in [-0.1, -0.05) is 24.3 Å². The third-order valence-corrected chi connectivity index (χ3v) is 4.19. The van der Waals surface area contributed by atoms with Gasteiger partial charge >= 0.3 is 5.97 Å². The maximum Gasteiger partial charge on any atom is 0.339 e. The Balaban J connectivity index is 1.93. The molecule has 20 heavy (non-hydrogen) atoms. The van der Waals surface area contributed by atoms with Crippen LogP contribution in [0.25, 0.3) is 11.1 Å². The Morgan fingerprint density at radius 1 is 1.10 bits per heavy atom. The Hall–Kier alpha value is -2.49. The van der Waals surface area contributed by atoms with Crippen LogP contribution < -0.4 is 9.47 Å². The largest absolute Gasteiger partial charge is 0.454 e. The summed E-state index contributed by atoms with van der Waals surface area (Å²) < 4.78 is 16.6. The van der Waals surface area contributed by atoms with Gasteiger partial charge in [0.1, 0.15) is 6.10 Å². The zero-order valence-electron chi connectivity index (χ0n) is 10.5. The highest BCUT2D eigenvalue weighted by molar-refractivity contribution is 6.00. The van der Waals surface area contributed by atoms with Gasteiger partial charge in [0, 0.05) is 17.5 Å². The van der Waals surface area contributed by atoms with Crippen LogP contribution in [0, 0.1) is 0 Å². The van der Waals surface area contributed by atoms with Crippen molar-refractivity contribution >= 4 is 5.97 Å². The number of benzene rings is 2. The van der Waals surface area contributed by atoms with Gasteiger partial charge < -0.3 is 14.2 Å². The van der Waals surface area contributed by atoms with Crippen molar-refractivity contribution in [1.82, 2.24) is 0 Å². The molecule has 0 bridgehead atoms. The second-order valence-corrected chi connectivity index (χ2v) is 5.20. The van der Waals surface area contributed by atoms with Gasteiger partial charge in [0.25, 0.3) is 0 Å². The molecule has 0 saturated heterocycles. The van der Waals surface area contributed by atoms with Crippen LogP contribution in [-0.4, -0.2) is 12.8 Å². The van der Waals surface area contributed by atoms with Crippen LogP contribution in [0.3, 0.4) is 0 Å². The van der Waals surface area contributed by atoms with Crippen LogP contribution in [0.5, 0.6) is 11.5 Å². The molecule has 2 aromatic rings. The zero-order valence-corrected chi connectivity index (χ0v) is 10.5. The molecular weight excluding hydrogens is 256 g/mol. The van der Waals surface area contributed by atoms with E-state index in [1.54, 1.807) is 6.07 Å². The van der Waals surface area contributed by atoms with Crippen molar-refractivity contribution in [3.05, 3.63) is 47.0 Å². The standard InChI is InChI=1S/C16H10O4/c17-16-10-6-12-15(19-7-18-12)14-9-4-2-1-3-8(9)5-11(20-16)13(10)14/h1-4,6,11H,5,7H2. The van der Waals surface area contributed by atoms with Crippen molar-refractivity contribution in [1.29, 1.82) is 0 Å². The van der Waals surface area contributed by atoms with E-state index in [9.17, 15) is 4.79 Å². The van der Waals surface area contributed by atoms with Crippen LogP contribution in [0.4, 0.5) is 0 Å². The summed E-state index contributed by atoms with van der Waals surface area (Å²) in [5.74, 6) is 1.10. The lowest BCUT2D eigenvalue weighted by molar-refractivity contribution is 0.0384. The molecule has 0 amide bonds. The Morgan fingerprint density at radius 2 is 2.00 bits per heavy atom. The lowest BCUT2D eigenvalue weighted by atomic mass is 9.82. The highest BCUT2D eigenvalue weighted by atomic mass is 16.7. The van der Waals surface area contributed by atoms with E-state index in [2.05, 4.69) is 12.1 Å². The van der Waals surface area contributed by atoms with Crippen molar-refractivity contribution in [2.75, 3.05) is 6.79 Å². The predicted octanol–water partition coefficient (Wildman–Crippen LogP) is 2.85. The number of ether oxygens (including phenoxy) is 3. The topological polar surface area (TPSA) is 44.8 Å². The molecule has 4 heteroatoms. The first-order valence-electron chi connectivity index (χ1n) is 6.58. The minimum atomic E-state index is -0.266. The van der Waals surface area contributed by atoms with Crippen molar-refractivity contribution in [3.8, 4) is 22.6 Å². The lowest BCUT2D eigenvalue weighted by Gasteiger charge is -2.24. The highest BCUT2D eigenvalue weighted by Crippen LogP contribution is 2.54. The zero-order chi connectivity index (χ0) is 13.3. The van der Waals surface area contributed by atoms with Gasteiger partial charge in [-0.15, -0.1) is 0 Å². The van der Waals surface area contributed by atoms with Crippen LogP contribution in [0.2, 0.25) is 0 Å². The number of fused-ring (bicyclic) bond motifs is 4. The first kappa shape index (κ1) is 10.3. The molecule has 1 aliphatic carbocycles. The molecule has 0 spiro atoms. The Kier molecular flexibility index (Phi) is 1.72. The van der Waals surface area contributed by atoms with Gasteiger partial charge in [0.2, 0.25) is 6.79 Å². The van der Waals surface area contributed by atoms with E-state index in [1.165, 1.54) is 5.56 Å². The van der Waals surface area contributed by atoms with Gasteiger partial charge in [-0.2, -0.15) is 0 Å². The second kappa shape index (κ2) is 3.33. The molecule has 2 aromatic carbocycles. The quantitative estimate of drug-likeness (QED) is 0.688. The molecule has 2 aliphatic heterocycles. The molecular formula is C16H10O4. The van der Waals surface area contributed by atoms with Crippen molar-refractivity contribution < 1.29 is 19.0 Å². The summed E-state index contributed by atoms with van der Waals surface area (Å²) in [6.07, 6.45) is 0.526. The van der Waals surface area contributed by atoms with Crippen molar-refractivity contribution in [3.63, 3.8) is 0 Å². The lowest BCUT2D eigenvalue weighted by Crippen LogP contribution is -2.10. The fraction of sp³-hybridized carbons (Fsp3) is 0.188. The monoisotopic (exact) mass is 266 g/mol. The smallest absolute Gasteiger partial charge is 0.339 e. The third-order valence-electron chi connectivity index (χ3n) is 4.19. The van der Waals surface area contributed by atoms with Crippen LogP contribution in [-0.2, 0) is 11.2 Å². The fourth-order valence-electron chi connectivity index (χ4n) is 3.36. The van der Waals surface area contributed by atoms with Gasteiger partial charge in [-0.05, 0) is 17.2 Å². The SMILES string of the molecule is O=C1OC2Cc3ccccc3-c3c4c(cc1c32)OCO4. The molecule has 1 unspecified atom stereocenters. The molecule has 98 valence electrons. The summed E-state index contributed by atoms with van der Waals surface area (Å²) in [5, 5.41) is 0. The summed E-state index contributed by atoms with van der Waals surface area (Å²) in [7, 11) is 0. The number of carbonyl (C=O) groups excluding carboxylic acids is 1. The normalized spacial score (nSPS) is 20.4. The molecule has 0 N–H and O–H groups in total. The first-order valence-corrected chi connectivity index (χ1v) is 6.58. The summed E-state index contributed by atoms with van der Waals surface area (Å²) in [5.41, 5.74) is 4.82. The second-order valence-electron chi connectivity index (χ2n) is 5.20. The molecule has 5 rings (SSSR count). The number of hydrogen-bond donors (Lipinski definition) is 0. The minimum Gasteiger partial charge on any atom is -0.454 e. The van der Waals surface area contributed by atoms with E-state index in [0.29, 0.717) is 11.3 Å². The highest BCUT2D eigenvalue weighted by Gasteiger charge is 2.41. The van der Waals surface area contributed by atoms with Crippen molar-refractivity contribution in [2.24, 2.45) is 0 Å². The molecule has 2 heterocycles. The van der Waals surface area contributed by atoms with Crippen molar-refractivity contribution in [2.45, 2.75) is 12.5 Å². The Bertz CT molecular complexity index is 778. The van der Waals surface area contributed by atoms with Crippen LogP contribution >= 0.6 is 0 Å². The van der Waals surface area contributed by atoms with Gasteiger partial charge in [0.05, 0.1) is 5.56 Å². The average molecular weight is 266 g/mol. The minimum absolute atomic E-state index is 0.197. The van der Waals surface area contributed by atoms with Gasteiger partial charge in [-0.3, -0.25) is 0 Å². The van der Waals surface area contributed by atoms with E-state index in [4.69, 9.17) is 14.2 Å². The molecule has 4 nitrogen and oxygen atoms in total. The van der Waals surface area contributed by atoms with Gasteiger partial charge in [0.15, 0.2) is 11.5 Å². The predicted molar refractivity (Wildman–Crippen MR) is 69.9 cm³/mol. The first-order chi connectivity index (χ1) is 9.83. The maximum atomic E-state index is 12.0. The Labute approximate surface area is 114 Å². The molecule has 1 atom stereocenters. The van der Waals surface area contributed by atoms with Gasteiger partial charge in [-0.25, -0.2) is 4.79 Å². The average Bonchev–Trinajstić information content (AvgIpc) is 3.05. The Morgan fingerprint density at radius 3 is 2.95 bits per heavy atom. The fourth-order valence-corrected chi connectivity index (χ4v) is 3.36. The number of hydrogen-bond acceptors (Lipinski definition) is 4. The summed E-state index contributed by atoms with van der Waals surface area (Å²) in [6, 6.07) is 9.88. The summed E-state index contributed by atoms with van der Waals surface area (Å²) >= 11 is 0. The molecule has 0 aromatic heterocycles. The maximum absolute atomic E-state index is 12.0. The third kappa shape index (κ3) is 1.10. The summed E-state index contributed by atoms with van der Waals surface area (Å²) in [6.45, 7) is 0.201. The van der Waals surface area contributed by atoms with Crippen LogP contribution in [0.15, 0.2) is 30.3 Å². The molecule has 0 saturated carbocycles. The van der Waals surface area contributed by atoms with E-state index in [-0.39, 0.29) is 18.9 Å². The number of esters is 1. The molecule has 0 radical (unpaired) electrons. The van der Waals surface area contributed by atoms with E-state index < -0.39 is 0 Å². The number of rotatable bonds is 0. The number of carbonyl (C=O) groups is 1. The summed E-state index contributed by atoms with van der Waals surface area (Å²) in [4.78, 5) is 12.0. The van der Waals surface area contributed by atoms with E-state index in [1.807, 2.05) is 12.1 Å².